The van der Waals surface area contributed by atoms with Gasteiger partial charge in [-0.05, 0) is 62.8 Å². The summed E-state index contributed by atoms with van der Waals surface area (Å²) in [4.78, 5) is 39.4. The van der Waals surface area contributed by atoms with Crippen LogP contribution in [0.1, 0.15) is 66.7 Å². The lowest BCUT2D eigenvalue weighted by Gasteiger charge is -2.30. The van der Waals surface area contributed by atoms with Crippen LogP contribution in [0.2, 0.25) is 0 Å². The number of alkyl halides is 3. The van der Waals surface area contributed by atoms with Gasteiger partial charge in [0.2, 0.25) is 0 Å². The Hall–Kier alpha value is -4.51. The molecule has 1 unspecified atom stereocenters. The Morgan fingerprint density at radius 3 is 2.32 bits per heavy atom. The second-order valence-electron chi connectivity index (χ2n) is 9.61. The second kappa shape index (κ2) is 22.1. The fraction of sp³-hybridized carbons (Fsp3) is 0.455. The molecule has 260 valence electrons. The molecule has 2 rings (SSSR count). The van der Waals surface area contributed by atoms with Gasteiger partial charge in [0.1, 0.15) is 23.1 Å². The summed E-state index contributed by atoms with van der Waals surface area (Å²) in [7, 11) is 2.74. The zero-order chi connectivity index (χ0) is 36.2. The quantitative estimate of drug-likeness (QED) is 0.0993. The average molecular weight is 670 g/mol. The number of nitrogens with zero attached hydrogens (tertiary/aromatic N) is 2. The van der Waals surface area contributed by atoms with Crippen LogP contribution in [0.25, 0.3) is 0 Å². The van der Waals surface area contributed by atoms with Crippen LogP contribution < -0.4 is 16.1 Å². The van der Waals surface area contributed by atoms with Crippen LogP contribution in [0.5, 0.6) is 0 Å². The van der Waals surface area contributed by atoms with Gasteiger partial charge in [-0.2, -0.15) is 13.2 Å². The molecule has 0 aromatic carbocycles. The van der Waals surface area contributed by atoms with Crippen molar-refractivity contribution in [2.75, 3.05) is 20.7 Å². The van der Waals surface area contributed by atoms with Gasteiger partial charge in [0.05, 0.1) is 18.7 Å². The minimum absolute atomic E-state index is 0.0245. The van der Waals surface area contributed by atoms with Gasteiger partial charge < -0.3 is 15.4 Å². The van der Waals surface area contributed by atoms with E-state index < -0.39 is 47.7 Å². The highest BCUT2D eigenvalue weighted by Gasteiger charge is 2.37. The molecule has 0 fully saturated rings. The number of ether oxygens (including phenoxy) is 1. The van der Waals surface area contributed by atoms with Crippen molar-refractivity contribution in [2.45, 2.75) is 78.9 Å². The van der Waals surface area contributed by atoms with E-state index in [0.717, 1.165) is 24.4 Å². The first-order valence-corrected chi connectivity index (χ1v) is 14.9. The molecule has 47 heavy (non-hydrogen) atoms. The molecule has 0 aromatic rings. The Kier molecular flexibility index (Phi) is 20.0. The number of allylic oxidation sites excluding steroid dienone is 7. The van der Waals surface area contributed by atoms with Crippen molar-refractivity contribution in [3.05, 3.63) is 70.3 Å². The third kappa shape index (κ3) is 14.2. The van der Waals surface area contributed by atoms with Crippen LogP contribution in [0.4, 0.5) is 22.0 Å². The van der Waals surface area contributed by atoms with E-state index in [1.807, 2.05) is 32.9 Å². The topological polar surface area (TPSA) is 112 Å². The van der Waals surface area contributed by atoms with Crippen LogP contribution in [0.3, 0.4) is 0 Å². The van der Waals surface area contributed by atoms with Gasteiger partial charge in [0.15, 0.2) is 5.82 Å². The molecule has 1 atom stereocenters. The zero-order valence-corrected chi connectivity index (χ0v) is 27.8. The van der Waals surface area contributed by atoms with Gasteiger partial charge in [-0.15, -0.1) is 6.42 Å². The Balaban J connectivity index is 0.00000326. The standard InChI is InChI=1S/C29H34F5N5O2.C2H4O2.C2H6/c1-6-8-9-10-12-23(18(3)11-7-2)38-28(41)25-16-24(37-26(19(4)30)39(25)35-5)27(40)36-17-20-13-14-22(31)21(15-20)29(32,33)34;1-4-2-3;1-2/h2,8-9,11,15-16,23,35H,6,10,12-14,17H2,1,3-5H3,(H,36,40)(H,38,41);2H,1H3;1-2H3/b9-8+,18-11+,26-19+;;. The molecule has 14 heteroatoms. The van der Waals surface area contributed by atoms with E-state index >= 15 is 0 Å². The predicted octanol–water partition coefficient (Wildman–Crippen LogP) is 6.17. The summed E-state index contributed by atoms with van der Waals surface area (Å²) in [5.41, 5.74) is 1.65. The van der Waals surface area contributed by atoms with Gasteiger partial charge in [0, 0.05) is 26.1 Å². The molecule has 0 saturated carbocycles. The lowest BCUT2D eigenvalue weighted by atomic mass is 9.98. The molecule has 0 radical (unpaired) electrons. The van der Waals surface area contributed by atoms with E-state index in [2.05, 4.69) is 31.7 Å². The van der Waals surface area contributed by atoms with Crippen molar-refractivity contribution in [3.8, 4) is 12.3 Å². The molecule has 1 aliphatic carbocycles. The normalized spacial score (nSPS) is 16.6. The first-order valence-electron chi connectivity index (χ1n) is 14.9. The van der Waals surface area contributed by atoms with Gasteiger partial charge in [-0.1, -0.05) is 38.8 Å². The molecule has 1 heterocycles. The Morgan fingerprint density at radius 2 is 1.81 bits per heavy atom. The molecule has 1 aliphatic heterocycles. The molecule has 3 N–H and O–H groups in total. The Labute approximate surface area is 273 Å². The molecular formula is C33H44F5N5O4. The second-order valence-corrected chi connectivity index (χ2v) is 9.61. The summed E-state index contributed by atoms with van der Waals surface area (Å²) in [6.07, 6.45) is 9.40. The van der Waals surface area contributed by atoms with Crippen LogP contribution in [0.15, 0.2) is 75.3 Å². The molecule has 0 spiro atoms. The van der Waals surface area contributed by atoms with Gasteiger partial charge in [0.25, 0.3) is 18.3 Å². The number of methoxy groups -OCH3 is 1. The van der Waals surface area contributed by atoms with Gasteiger partial charge in [-0.3, -0.25) is 19.4 Å². The number of terminal acetylenes is 1. The summed E-state index contributed by atoms with van der Waals surface area (Å²) in [5.74, 6) is -1.52. The van der Waals surface area contributed by atoms with Crippen molar-refractivity contribution in [1.29, 1.82) is 0 Å². The van der Waals surface area contributed by atoms with Crippen LogP contribution in [0, 0.1) is 12.3 Å². The molecule has 2 amide bonds. The van der Waals surface area contributed by atoms with E-state index in [1.54, 1.807) is 6.92 Å². The van der Waals surface area contributed by atoms with E-state index in [4.69, 9.17) is 11.2 Å². The summed E-state index contributed by atoms with van der Waals surface area (Å²) in [6, 6.07) is -0.468. The highest BCUT2D eigenvalue weighted by atomic mass is 19.4. The first-order chi connectivity index (χ1) is 22.2. The van der Waals surface area contributed by atoms with Crippen molar-refractivity contribution >= 4 is 24.0 Å². The highest BCUT2D eigenvalue weighted by molar-refractivity contribution is 6.44. The summed E-state index contributed by atoms with van der Waals surface area (Å²) in [6.45, 7) is 8.90. The average Bonchev–Trinajstić information content (AvgIpc) is 3.05. The van der Waals surface area contributed by atoms with Crippen molar-refractivity contribution in [3.63, 3.8) is 0 Å². The smallest absolute Gasteiger partial charge is 0.418 e. The zero-order valence-electron chi connectivity index (χ0n) is 27.8. The monoisotopic (exact) mass is 669 g/mol. The van der Waals surface area contributed by atoms with E-state index in [0.29, 0.717) is 31.0 Å². The molecule has 0 saturated heterocycles. The number of hydrogen-bond donors (Lipinski definition) is 3. The number of halogens is 5. The minimum Gasteiger partial charge on any atom is -0.471 e. The fourth-order valence-electron chi connectivity index (χ4n) is 4.09. The minimum atomic E-state index is -4.87. The van der Waals surface area contributed by atoms with Crippen molar-refractivity contribution in [1.82, 2.24) is 21.1 Å². The molecule has 9 nitrogen and oxygen atoms in total. The third-order valence-corrected chi connectivity index (χ3v) is 6.32. The maximum atomic E-state index is 14.5. The van der Waals surface area contributed by atoms with Crippen molar-refractivity contribution in [2.24, 2.45) is 4.99 Å². The number of aliphatic imine (C=N–C) groups is 1. The maximum absolute atomic E-state index is 14.5. The van der Waals surface area contributed by atoms with Crippen LogP contribution in [-0.4, -0.2) is 61.9 Å². The summed E-state index contributed by atoms with van der Waals surface area (Å²) in [5, 5.41) is 6.36. The van der Waals surface area contributed by atoms with E-state index in [-0.39, 0.29) is 35.8 Å². The Morgan fingerprint density at radius 1 is 1.17 bits per heavy atom. The lowest BCUT2D eigenvalue weighted by Crippen LogP contribution is -2.47. The largest absolute Gasteiger partial charge is 0.471 e. The fourth-order valence-corrected chi connectivity index (χ4v) is 4.09. The number of hydrazine groups is 1. The first kappa shape index (κ1) is 42.5. The molecule has 2 aliphatic rings. The van der Waals surface area contributed by atoms with Crippen LogP contribution >= 0.6 is 0 Å². The number of nitrogens with one attached hydrogen (secondary N) is 3. The molecular weight excluding hydrogens is 625 g/mol. The van der Waals surface area contributed by atoms with Crippen LogP contribution in [-0.2, 0) is 19.1 Å². The molecule has 0 bridgehead atoms. The van der Waals surface area contributed by atoms with Gasteiger partial charge in [-0.25, -0.2) is 19.2 Å². The number of hydrogen-bond acceptors (Lipinski definition) is 7. The lowest BCUT2D eigenvalue weighted by molar-refractivity contribution is -0.126. The third-order valence-electron chi connectivity index (χ3n) is 6.32. The number of rotatable bonds is 12. The SMILES string of the molecule is C#C/C=C(\C)C(CC/C=C/CC)NC(=O)C1=CC(C(=O)NCC2=CC(C(F)(F)F)=C(F)CC2)=N/C(=C(/C)F)N1NC.CC.COC=O. The summed E-state index contributed by atoms with van der Waals surface area (Å²) >= 11 is 0. The highest BCUT2D eigenvalue weighted by Crippen LogP contribution is 2.36. The number of amides is 2. The number of carbonyl (C=O) groups is 3. The Bertz CT molecular complexity index is 1350. The van der Waals surface area contributed by atoms with E-state index in [1.165, 1.54) is 20.2 Å². The number of carbonyl (C=O) groups excluding carboxylic acids is 3. The summed E-state index contributed by atoms with van der Waals surface area (Å²) < 4.78 is 71.3. The molecule has 0 aromatic heterocycles. The van der Waals surface area contributed by atoms with Crippen molar-refractivity contribution < 1.29 is 41.1 Å². The predicted molar refractivity (Wildman–Crippen MR) is 172 cm³/mol. The maximum Gasteiger partial charge on any atom is 0.418 e. The van der Waals surface area contributed by atoms with E-state index in [9.17, 15) is 31.5 Å². The van der Waals surface area contributed by atoms with Gasteiger partial charge >= 0.3 is 6.18 Å².